The molecule has 0 saturated carbocycles. The standard InChI is InChI=1S/C18H32N6O/c1-12(2)24-16(25)10-23(11-18(24,5)6)17(19-7)20-9-15-13(3)21-22(8)14(15)4/h12H,9-11H2,1-8H3,(H,19,20). The summed E-state index contributed by atoms with van der Waals surface area (Å²) in [6.07, 6.45) is 0. The Morgan fingerprint density at radius 1 is 1.36 bits per heavy atom. The summed E-state index contributed by atoms with van der Waals surface area (Å²) in [5.74, 6) is 0.899. The first kappa shape index (κ1) is 19.3. The molecule has 1 amide bonds. The molecule has 0 unspecified atom stereocenters. The van der Waals surface area contributed by atoms with Crippen molar-refractivity contribution >= 4 is 11.9 Å². The fraction of sp³-hybridized carbons (Fsp3) is 0.722. The molecule has 2 heterocycles. The molecule has 25 heavy (non-hydrogen) atoms. The third kappa shape index (κ3) is 3.80. The van der Waals surface area contributed by atoms with Crippen LogP contribution in [-0.2, 0) is 18.4 Å². The molecule has 1 aromatic rings. The lowest BCUT2D eigenvalue weighted by Gasteiger charge is -2.49. The number of carbonyl (C=O) groups is 1. The summed E-state index contributed by atoms with van der Waals surface area (Å²) < 4.78 is 1.89. The maximum Gasteiger partial charge on any atom is 0.242 e. The van der Waals surface area contributed by atoms with Gasteiger partial charge in [-0.2, -0.15) is 5.10 Å². The van der Waals surface area contributed by atoms with E-state index in [9.17, 15) is 4.79 Å². The topological polar surface area (TPSA) is 65.8 Å². The van der Waals surface area contributed by atoms with Gasteiger partial charge in [0, 0.05) is 44.5 Å². The predicted molar refractivity (Wildman–Crippen MR) is 101 cm³/mol. The molecule has 0 radical (unpaired) electrons. The van der Waals surface area contributed by atoms with E-state index < -0.39 is 0 Å². The fourth-order valence-electron chi connectivity index (χ4n) is 3.89. The lowest BCUT2D eigenvalue weighted by Crippen LogP contribution is -2.66. The van der Waals surface area contributed by atoms with Gasteiger partial charge in [0.2, 0.25) is 5.91 Å². The van der Waals surface area contributed by atoms with Crippen LogP contribution in [0.5, 0.6) is 0 Å². The molecule has 1 aliphatic rings. The molecule has 0 aromatic carbocycles. The number of aryl methyl sites for hydroxylation is 2. The third-order valence-corrected chi connectivity index (χ3v) is 4.93. The van der Waals surface area contributed by atoms with Crippen molar-refractivity contribution in [2.24, 2.45) is 12.0 Å². The molecule has 7 heteroatoms. The van der Waals surface area contributed by atoms with Crippen molar-refractivity contribution < 1.29 is 4.79 Å². The summed E-state index contributed by atoms with van der Waals surface area (Å²) in [6, 6.07) is 0.195. The molecule has 0 bridgehead atoms. The number of hydrogen-bond acceptors (Lipinski definition) is 3. The summed E-state index contributed by atoms with van der Waals surface area (Å²) in [4.78, 5) is 21.1. The zero-order chi connectivity index (χ0) is 18.9. The van der Waals surface area contributed by atoms with Crippen LogP contribution >= 0.6 is 0 Å². The van der Waals surface area contributed by atoms with Crippen molar-refractivity contribution in [3.63, 3.8) is 0 Å². The number of piperazine rings is 1. The average Bonchev–Trinajstić information content (AvgIpc) is 2.71. The second kappa shape index (κ2) is 7.06. The van der Waals surface area contributed by atoms with E-state index in [0.717, 1.165) is 23.9 Å². The van der Waals surface area contributed by atoms with Crippen molar-refractivity contribution in [2.45, 2.75) is 59.7 Å². The summed E-state index contributed by atoms with van der Waals surface area (Å²) in [7, 11) is 3.71. The van der Waals surface area contributed by atoms with Gasteiger partial charge in [0.1, 0.15) is 0 Å². The number of aliphatic imine (C=N–C) groups is 1. The second-order valence-corrected chi connectivity index (χ2v) is 7.70. The van der Waals surface area contributed by atoms with Crippen LogP contribution in [0.2, 0.25) is 0 Å². The van der Waals surface area contributed by atoms with Gasteiger partial charge in [-0.3, -0.25) is 14.5 Å². The number of rotatable bonds is 3. The predicted octanol–water partition coefficient (Wildman–Crippen LogP) is 1.44. The Kier molecular flexibility index (Phi) is 5.44. The summed E-state index contributed by atoms with van der Waals surface area (Å²) in [5.41, 5.74) is 3.10. The van der Waals surface area contributed by atoms with Gasteiger partial charge < -0.3 is 15.1 Å². The minimum absolute atomic E-state index is 0.142. The van der Waals surface area contributed by atoms with E-state index in [-0.39, 0.29) is 17.5 Å². The first-order valence-electron chi connectivity index (χ1n) is 8.85. The van der Waals surface area contributed by atoms with Gasteiger partial charge in [-0.25, -0.2) is 0 Å². The monoisotopic (exact) mass is 348 g/mol. The van der Waals surface area contributed by atoms with Crippen molar-refractivity contribution in [3.8, 4) is 0 Å². The Morgan fingerprint density at radius 2 is 2.00 bits per heavy atom. The van der Waals surface area contributed by atoms with E-state index in [1.165, 1.54) is 5.56 Å². The number of nitrogens with zero attached hydrogens (tertiary/aromatic N) is 5. The highest BCUT2D eigenvalue weighted by Crippen LogP contribution is 2.24. The molecule has 1 aliphatic heterocycles. The molecule has 1 N–H and O–H groups in total. The van der Waals surface area contributed by atoms with Crippen molar-refractivity contribution in [2.75, 3.05) is 20.1 Å². The van der Waals surface area contributed by atoms with Crippen LogP contribution in [0.4, 0.5) is 0 Å². The second-order valence-electron chi connectivity index (χ2n) is 7.70. The Balaban J connectivity index is 2.13. The molecule has 0 spiro atoms. The van der Waals surface area contributed by atoms with Crippen molar-refractivity contribution in [1.82, 2.24) is 24.9 Å². The van der Waals surface area contributed by atoms with Crippen LogP contribution in [-0.4, -0.2) is 63.2 Å². The lowest BCUT2D eigenvalue weighted by molar-refractivity contribution is -0.145. The molecule has 7 nitrogen and oxygen atoms in total. The van der Waals surface area contributed by atoms with Crippen LogP contribution in [0.1, 0.15) is 44.6 Å². The lowest BCUT2D eigenvalue weighted by atomic mass is 9.96. The van der Waals surface area contributed by atoms with Crippen LogP contribution in [0, 0.1) is 13.8 Å². The molecule has 0 atom stereocenters. The number of aromatic nitrogens is 2. The SMILES string of the molecule is CN=C(NCc1c(C)nn(C)c1C)N1CC(=O)N(C(C)C)C(C)(C)C1. The molecule has 140 valence electrons. The molecule has 0 aliphatic carbocycles. The van der Waals surface area contributed by atoms with Crippen LogP contribution in [0.15, 0.2) is 4.99 Å². The summed E-state index contributed by atoms with van der Waals surface area (Å²) in [6.45, 7) is 14.2. The quantitative estimate of drug-likeness (QED) is 0.663. The summed E-state index contributed by atoms with van der Waals surface area (Å²) >= 11 is 0. The van der Waals surface area contributed by atoms with Gasteiger partial charge in [0.15, 0.2) is 5.96 Å². The minimum atomic E-state index is -0.235. The highest BCUT2D eigenvalue weighted by molar-refractivity contribution is 5.88. The van der Waals surface area contributed by atoms with Gasteiger partial charge in [-0.05, 0) is 41.5 Å². The average molecular weight is 348 g/mol. The van der Waals surface area contributed by atoms with Crippen LogP contribution in [0.25, 0.3) is 0 Å². The number of hydrogen-bond donors (Lipinski definition) is 1. The number of amides is 1. The molecule has 1 aromatic heterocycles. The largest absolute Gasteiger partial charge is 0.352 e. The Hall–Kier alpha value is -2.05. The highest BCUT2D eigenvalue weighted by Gasteiger charge is 2.40. The highest BCUT2D eigenvalue weighted by atomic mass is 16.2. The van der Waals surface area contributed by atoms with Crippen LogP contribution in [0.3, 0.4) is 0 Å². The van der Waals surface area contributed by atoms with Crippen molar-refractivity contribution in [3.05, 3.63) is 17.0 Å². The van der Waals surface area contributed by atoms with E-state index in [0.29, 0.717) is 13.1 Å². The number of carbonyl (C=O) groups excluding carboxylic acids is 1. The van der Waals surface area contributed by atoms with Gasteiger partial charge >= 0.3 is 0 Å². The molecular weight excluding hydrogens is 316 g/mol. The molecular formula is C18H32N6O. The van der Waals surface area contributed by atoms with Gasteiger partial charge in [-0.15, -0.1) is 0 Å². The molecule has 2 rings (SSSR count). The Morgan fingerprint density at radius 3 is 2.44 bits per heavy atom. The maximum atomic E-state index is 12.7. The third-order valence-electron chi connectivity index (χ3n) is 4.93. The van der Waals surface area contributed by atoms with E-state index in [1.807, 2.05) is 28.5 Å². The van der Waals surface area contributed by atoms with E-state index in [1.54, 1.807) is 7.05 Å². The Labute approximate surface area is 151 Å². The first-order valence-corrected chi connectivity index (χ1v) is 8.85. The fourth-order valence-corrected chi connectivity index (χ4v) is 3.89. The first-order chi connectivity index (χ1) is 11.6. The van der Waals surface area contributed by atoms with E-state index in [2.05, 4.69) is 50.0 Å². The van der Waals surface area contributed by atoms with E-state index in [4.69, 9.17) is 0 Å². The molecule has 1 saturated heterocycles. The summed E-state index contributed by atoms with van der Waals surface area (Å²) in [5, 5.41) is 7.86. The normalized spacial score (nSPS) is 18.3. The maximum absolute atomic E-state index is 12.7. The number of guanidine groups is 1. The van der Waals surface area contributed by atoms with E-state index >= 15 is 0 Å². The van der Waals surface area contributed by atoms with Gasteiger partial charge in [0.25, 0.3) is 0 Å². The Bertz CT molecular complexity index is 673. The van der Waals surface area contributed by atoms with Crippen LogP contribution < -0.4 is 5.32 Å². The zero-order valence-corrected chi connectivity index (χ0v) is 16.8. The van der Waals surface area contributed by atoms with Gasteiger partial charge in [0.05, 0.1) is 17.8 Å². The van der Waals surface area contributed by atoms with Gasteiger partial charge in [-0.1, -0.05) is 0 Å². The number of nitrogens with one attached hydrogen (secondary N) is 1. The van der Waals surface area contributed by atoms with Crippen molar-refractivity contribution in [1.29, 1.82) is 0 Å². The minimum Gasteiger partial charge on any atom is -0.352 e. The molecule has 1 fully saturated rings. The smallest absolute Gasteiger partial charge is 0.242 e. The zero-order valence-electron chi connectivity index (χ0n) is 16.8.